The summed E-state index contributed by atoms with van der Waals surface area (Å²) in [6.45, 7) is 2.09. The van der Waals surface area contributed by atoms with E-state index >= 15 is 0 Å². The minimum Gasteiger partial charge on any atom is -0.504 e. The number of pyridine rings is 1. The Labute approximate surface area is 125 Å². The lowest BCUT2D eigenvalue weighted by molar-refractivity contribution is 0.371. The molecule has 0 fully saturated rings. The lowest BCUT2D eigenvalue weighted by Crippen LogP contribution is -2.03. The van der Waals surface area contributed by atoms with Gasteiger partial charge in [-0.05, 0) is 24.6 Å². The number of methoxy groups -OCH3 is 1. The molecule has 3 N–H and O–H groups in total. The number of anilines is 1. The first-order valence-electron chi connectivity index (χ1n) is 6.19. The van der Waals surface area contributed by atoms with Gasteiger partial charge in [-0.1, -0.05) is 12.1 Å². The Morgan fingerprint density at radius 3 is 2.81 bits per heavy atom. The Hall–Kier alpha value is -2.12. The summed E-state index contributed by atoms with van der Waals surface area (Å²) in [4.78, 5) is 3.95. The number of benzene rings is 1. The second kappa shape index (κ2) is 6.55. The van der Waals surface area contributed by atoms with E-state index in [-0.39, 0.29) is 10.8 Å². The van der Waals surface area contributed by atoms with E-state index in [2.05, 4.69) is 10.3 Å². The van der Waals surface area contributed by atoms with Crippen molar-refractivity contribution in [3.63, 3.8) is 0 Å². The van der Waals surface area contributed by atoms with Gasteiger partial charge >= 0.3 is 0 Å². The fourth-order valence-electron chi connectivity index (χ4n) is 1.91. The monoisotopic (exact) mass is 308 g/mol. The van der Waals surface area contributed by atoms with Gasteiger partial charge in [-0.2, -0.15) is 0 Å². The molecule has 0 aliphatic heterocycles. The van der Waals surface area contributed by atoms with Crippen LogP contribution in [-0.2, 0) is 17.6 Å². The standard InChI is InChI=1S/C14H16N2O4S/c1-9-6-11(8-16-14(9)21(18)19)15-7-10-4-3-5-12(20-2)13(10)17/h3-6,8,15,17H,7H2,1-2H3,(H,18,19). The van der Waals surface area contributed by atoms with Crippen molar-refractivity contribution < 1.29 is 18.6 Å². The van der Waals surface area contributed by atoms with Gasteiger partial charge in [0.05, 0.1) is 19.0 Å². The molecule has 2 rings (SSSR count). The topological polar surface area (TPSA) is 91.7 Å². The van der Waals surface area contributed by atoms with E-state index < -0.39 is 11.1 Å². The van der Waals surface area contributed by atoms with Crippen LogP contribution < -0.4 is 10.1 Å². The summed E-state index contributed by atoms with van der Waals surface area (Å²) >= 11 is -2.09. The summed E-state index contributed by atoms with van der Waals surface area (Å²) < 4.78 is 25.1. The summed E-state index contributed by atoms with van der Waals surface area (Å²) in [6.07, 6.45) is 1.48. The predicted octanol–water partition coefficient (Wildman–Crippen LogP) is 2.30. The van der Waals surface area contributed by atoms with Gasteiger partial charge < -0.3 is 19.7 Å². The van der Waals surface area contributed by atoms with Crippen LogP contribution in [0.25, 0.3) is 0 Å². The second-order valence-corrected chi connectivity index (χ2v) is 5.30. The average molecular weight is 308 g/mol. The Bertz CT molecular complexity index is 676. The Morgan fingerprint density at radius 2 is 2.19 bits per heavy atom. The normalized spacial score (nSPS) is 12.0. The molecule has 1 aromatic carbocycles. The molecular weight excluding hydrogens is 292 g/mol. The maximum absolute atomic E-state index is 11.0. The zero-order chi connectivity index (χ0) is 15.4. The minimum absolute atomic E-state index is 0.0882. The highest BCUT2D eigenvalue weighted by atomic mass is 32.2. The third kappa shape index (κ3) is 3.50. The Kier molecular flexibility index (Phi) is 4.77. The third-order valence-corrected chi connectivity index (χ3v) is 3.74. The van der Waals surface area contributed by atoms with Gasteiger partial charge in [-0.15, -0.1) is 0 Å². The number of phenolic OH excluding ortho intramolecular Hbond substituents is 1. The van der Waals surface area contributed by atoms with E-state index in [0.29, 0.717) is 29.1 Å². The number of hydrogen-bond donors (Lipinski definition) is 3. The van der Waals surface area contributed by atoms with Crippen molar-refractivity contribution in [1.29, 1.82) is 0 Å². The van der Waals surface area contributed by atoms with E-state index in [0.717, 1.165) is 0 Å². The largest absolute Gasteiger partial charge is 0.504 e. The van der Waals surface area contributed by atoms with Crippen molar-refractivity contribution in [2.75, 3.05) is 12.4 Å². The maximum Gasteiger partial charge on any atom is 0.205 e. The lowest BCUT2D eigenvalue weighted by atomic mass is 10.2. The van der Waals surface area contributed by atoms with Crippen molar-refractivity contribution in [1.82, 2.24) is 4.98 Å². The molecule has 0 aliphatic rings. The quantitative estimate of drug-likeness (QED) is 0.734. The van der Waals surface area contributed by atoms with Crippen LogP contribution in [0.2, 0.25) is 0 Å². The molecule has 1 heterocycles. The van der Waals surface area contributed by atoms with E-state index in [1.807, 2.05) is 0 Å². The first-order valence-corrected chi connectivity index (χ1v) is 7.30. The minimum atomic E-state index is -2.09. The van der Waals surface area contributed by atoms with E-state index in [1.54, 1.807) is 31.2 Å². The summed E-state index contributed by atoms with van der Waals surface area (Å²) in [5.74, 6) is 0.500. The number of aryl methyl sites for hydroxylation is 1. The van der Waals surface area contributed by atoms with Crippen LogP contribution in [0.5, 0.6) is 11.5 Å². The van der Waals surface area contributed by atoms with Crippen LogP contribution in [0.15, 0.2) is 35.5 Å². The SMILES string of the molecule is COc1cccc(CNc2cnc(S(=O)O)c(C)c2)c1O. The number of aromatic nitrogens is 1. The summed E-state index contributed by atoms with van der Waals surface area (Å²) in [5, 5.41) is 13.2. The maximum atomic E-state index is 11.0. The van der Waals surface area contributed by atoms with Gasteiger partial charge in [0.1, 0.15) is 0 Å². The molecular formula is C14H16N2O4S. The molecule has 0 amide bonds. The molecule has 0 radical (unpaired) electrons. The van der Waals surface area contributed by atoms with Crippen LogP contribution >= 0.6 is 0 Å². The van der Waals surface area contributed by atoms with Crippen molar-refractivity contribution >= 4 is 16.8 Å². The average Bonchev–Trinajstić information content (AvgIpc) is 2.46. The van der Waals surface area contributed by atoms with Gasteiger partial charge in [-0.3, -0.25) is 0 Å². The fraction of sp³-hybridized carbons (Fsp3) is 0.214. The summed E-state index contributed by atoms with van der Waals surface area (Å²) in [7, 11) is 1.49. The molecule has 7 heteroatoms. The van der Waals surface area contributed by atoms with Crippen molar-refractivity contribution in [2.24, 2.45) is 0 Å². The molecule has 1 atom stereocenters. The zero-order valence-corrected chi connectivity index (χ0v) is 12.5. The van der Waals surface area contributed by atoms with Gasteiger partial charge in [-0.25, -0.2) is 9.19 Å². The molecule has 0 bridgehead atoms. The number of ether oxygens (including phenoxy) is 1. The van der Waals surface area contributed by atoms with Crippen LogP contribution in [0.1, 0.15) is 11.1 Å². The van der Waals surface area contributed by atoms with Crippen LogP contribution in [0.3, 0.4) is 0 Å². The Balaban J connectivity index is 2.14. The lowest BCUT2D eigenvalue weighted by Gasteiger charge is -2.11. The number of phenols is 1. The molecule has 0 saturated heterocycles. The van der Waals surface area contributed by atoms with Crippen molar-refractivity contribution in [3.8, 4) is 11.5 Å². The predicted molar refractivity (Wildman–Crippen MR) is 80.0 cm³/mol. The number of rotatable bonds is 5. The molecule has 0 spiro atoms. The molecule has 21 heavy (non-hydrogen) atoms. The fourth-order valence-corrected chi connectivity index (χ4v) is 2.39. The van der Waals surface area contributed by atoms with E-state index in [4.69, 9.17) is 9.29 Å². The summed E-state index contributed by atoms with van der Waals surface area (Å²) in [6, 6.07) is 6.98. The molecule has 0 saturated carbocycles. The van der Waals surface area contributed by atoms with Gasteiger partial charge in [0, 0.05) is 12.1 Å². The number of nitrogens with zero attached hydrogens (tertiary/aromatic N) is 1. The number of para-hydroxylation sites is 1. The Morgan fingerprint density at radius 1 is 1.43 bits per heavy atom. The van der Waals surface area contributed by atoms with Crippen LogP contribution in [0, 0.1) is 6.92 Å². The summed E-state index contributed by atoms with van der Waals surface area (Å²) in [5.41, 5.74) is 2.00. The number of aromatic hydroxyl groups is 1. The highest BCUT2D eigenvalue weighted by Crippen LogP contribution is 2.29. The molecule has 2 aromatic rings. The third-order valence-electron chi connectivity index (χ3n) is 2.98. The van der Waals surface area contributed by atoms with E-state index in [1.165, 1.54) is 13.3 Å². The first kappa shape index (κ1) is 15.3. The van der Waals surface area contributed by atoms with E-state index in [9.17, 15) is 9.32 Å². The molecule has 6 nitrogen and oxygen atoms in total. The number of nitrogens with one attached hydrogen (secondary N) is 1. The molecule has 112 valence electrons. The second-order valence-electron chi connectivity index (χ2n) is 4.42. The van der Waals surface area contributed by atoms with Gasteiger partial charge in [0.15, 0.2) is 16.5 Å². The highest BCUT2D eigenvalue weighted by Gasteiger charge is 2.09. The molecule has 0 aliphatic carbocycles. The first-order chi connectivity index (χ1) is 10.0. The van der Waals surface area contributed by atoms with Crippen LogP contribution in [-0.4, -0.2) is 26.0 Å². The molecule has 1 unspecified atom stereocenters. The van der Waals surface area contributed by atoms with Crippen LogP contribution in [0.4, 0.5) is 5.69 Å². The smallest absolute Gasteiger partial charge is 0.205 e. The zero-order valence-electron chi connectivity index (χ0n) is 11.7. The van der Waals surface area contributed by atoms with Gasteiger partial charge in [0.2, 0.25) is 11.1 Å². The highest BCUT2D eigenvalue weighted by molar-refractivity contribution is 7.79. The number of hydrogen-bond acceptors (Lipinski definition) is 5. The molecule has 1 aromatic heterocycles. The van der Waals surface area contributed by atoms with Crippen molar-refractivity contribution in [3.05, 3.63) is 41.6 Å². The van der Waals surface area contributed by atoms with Gasteiger partial charge in [0.25, 0.3) is 0 Å². The van der Waals surface area contributed by atoms with Crippen molar-refractivity contribution in [2.45, 2.75) is 18.5 Å².